The van der Waals surface area contributed by atoms with E-state index in [0.29, 0.717) is 33.0 Å². The number of hydrogen-bond acceptors (Lipinski definition) is 4. The van der Waals surface area contributed by atoms with Gasteiger partial charge in [0.2, 0.25) is 0 Å². The third-order valence-electron chi connectivity index (χ3n) is 5.62. The lowest BCUT2D eigenvalue weighted by Gasteiger charge is -2.30. The summed E-state index contributed by atoms with van der Waals surface area (Å²) in [5.74, 6) is -0.368. The first kappa shape index (κ1) is 23.6. The first-order chi connectivity index (χ1) is 16.4. The van der Waals surface area contributed by atoms with E-state index < -0.39 is 11.9 Å². The van der Waals surface area contributed by atoms with Crippen molar-refractivity contribution in [3.05, 3.63) is 105 Å². The fourth-order valence-corrected chi connectivity index (χ4v) is 3.95. The zero-order valence-corrected chi connectivity index (χ0v) is 19.5. The van der Waals surface area contributed by atoms with E-state index >= 15 is 0 Å². The molecule has 1 heterocycles. The number of benzene rings is 3. The maximum atomic E-state index is 13.6. The Hall–Kier alpha value is -3.55. The lowest BCUT2D eigenvalue weighted by Crippen LogP contribution is -2.39. The molecular formula is C26H23ClFN3O3. The molecule has 0 spiro atoms. The highest BCUT2D eigenvalue weighted by molar-refractivity contribution is 6.30. The van der Waals surface area contributed by atoms with E-state index in [1.165, 1.54) is 28.8 Å². The van der Waals surface area contributed by atoms with Crippen LogP contribution in [0, 0.1) is 5.82 Å². The number of carbonyl (C=O) groups is 1. The van der Waals surface area contributed by atoms with Crippen LogP contribution >= 0.6 is 11.6 Å². The van der Waals surface area contributed by atoms with Gasteiger partial charge in [-0.25, -0.2) is 9.37 Å². The number of fused-ring (bicyclic) bond motifs is 1. The Morgan fingerprint density at radius 3 is 2.44 bits per heavy atom. The van der Waals surface area contributed by atoms with E-state index in [0.717, 1.165) is 0 Å². The summed E-state index contributed by atoms with van der Waals surface area (Å²) in [5.41, 5.74) is 1.18. The number of ether oxygens (including phenoxy) is 1. The average molecular weight is 480 g/mol. The fourth-order valence-electron chi connectivity index (χ4n) is 3.83. The molecule has 4 aromatic rings. The molecule has 0 N–H and O–H groups in total. The molecule has 0 aliphatic carbocycles. The van der Waals surface area contributed by atoms with E-state index in [1.54, 1.807) is 61.4 Å². The van der Waals surface area contributed by atoms with Gasteiger partial charge in [-0.1, -0.05) is 23.7 Å². The molecule has 8 heteroatoms. The zero-order valence-electron chi connectivity index (χ0n) is 18.7. The van der Waals surface area contributed by atoms with Crippen LogP contribution < -0.4 is 5.56 Å². The van der Waals surface area contributed by atoms with Gasteiger partial charge < -0.3 is 9.64 Å². The van der Waals surface area contributed by atoms with Crippen LogP contribution in [0.3, 0.4) is 0 Å². The van der Waals surface area contributed by atoms with Crippen molar-refractivity contribution in [2.75, 3.05) is 20.3 Å². The molecule has 0 radical (unpaired) electrons. The van der Waals surface area contributed by atoms with Crippen LogP contribution in [0.4, 0.5) is 4.39 Å². The molecule has 1 aromatic heterocycles. The Balaban J connectivity index is 1.88. The van der Waals surface area contributed by atoms with E-state index in [-0.39, 0.29) is 24.6 Å². The number of carbonyl (C=O) groups excluding carboxylic acids is 1. The predicted octanol–water partition coefficient (Wildman–Crippen LogP) is 5.03. The Morgan fingerprint density at radius 2 is 1.76 bits per heavy atom. The molecule has 4 rings (SSSR count). The van der Waals surface area contributed by atoms with Gasteiger partial charge in [0.1, 0.15) is 11.6 Å². The lowest BCUT2D eigenvalue weighted by atomic mass is 10.1. The monoisotopic (exact) mass is 479 g/mol. The van der Waals surface area contributed by atoms with Gasteiger partial charge in [0.05, 0.1) is 29.2 Å². The SMILES string of the molecule is COCCN(C(=O)c1ccc(F)cc1)C(C)c1nc2ccccc2c(=O)n1-c1ccc(Cl)cc1. The van der Waals surface area contributed by atoms with Crippen LogP contribution in [0.1, 0.15) is 29.1 Å². The number of rotatable bonds is 7. The Kier molecular flexibility index (Phi) is 7.05. The first-order valence-electron chi connectivity index (χ1n) is 10.7. The number of aromatic nitrogens is 2. The molecule has 174 valence electrons. The number of para-hydroxylation sites is 1. The highest BCUT2D eigenvalue weighted by Gasteiger charge is 2.27. The van der Waals surface area contributed by atoms with Crippen molar-refractivity contribution in [1.82, 2.24) is 14.5 Å². The lowest BCUT2D eigenvalue weighted by molar-refractivity contribution is 0.0605. The largest absolute Gasteiger partial charge is 0.383 e. The summed E-state index contributed by atoms with van der Waals surface area (Å²) in [7, 11) is 1.54. The second-order valence-corrected chi connectivity index (χ2v) is 8.21. The van der Waals surface area contributed by atoms with E-state index in [4.69, 9.17) is 21.3 Å². The number of hydrogen-bond donors (Lipinski definition) is 0. The van der Waals surface area contributed by atoms with Crippen molar-refractivity contribution in [3.63, 3.8) is 0 Å². The van der Waals surface area contributed by atoms with Gasteiger partial charge >= 0.3 is 0 Å². The highest BCUT2D eigenvalue weighted by atomic mass is 35.5. The predicted molar refractivity (Wildman–Crippen MR) is 130 cm³/mol. The maximum Gasteiger partial charge on any atom is 0.266 e. The van der Waals surface area contributed by atoms with Crippen molar-refractivity contribution in [2.24, 2.45) is 0 Å². The smallest absolute Gasteiger partial charge is 0.266 e. The summed E-state index contributed by atoms with van der Waals surface area (Å²) < 4.78 is 20.2. The van der Waals surface area contributed by atoms with Gasteiger partial charge in [0.15, 0.2) is 0 Å². The maximum absolute atomic E-state index is 13.6. The van der Waals surface area contributed by atoms with Crippen molar-refractivity contribution < 1.29 is 13.9 Å². The van der Waals surface area contributed by atoms with Crippen molar-refractivity contribution in [3.8, 4) is 5.69 Å². The molecule has 34 heavy (non-hydrogen) atoms. The molecule has 6 nitrogen and oxygen atoms in total. The Bertz CT molecular complexity index is 1370. The van der Waals surface area contributed by atoms with Crippen LogP contribution in [0.25, 0.3) is 16.6 Å². The number of methoxy groups -OCH3 is 1. The van der Waals surface area contributed by atoms with Crippen molar-refractivity contribution >= 4 is 28.4 Å². The number of nitrogens with zero attached hydrogens (tertiary/aromatic N) is 3. The molecule has 0 bridgehead atoms. The number of halogens is 2. The minimum Gasteiger partial charge on any atom is -0.383 e. The summed E-state index contributed by atoms with van der Waals surface area (Å²) in [4.78, 5) is 33.4. The molecular weight excluding hydrogens is 457 g/mol. The molecule has 3 aromatic carbocycles. The average Bonchev–Trinajstić information content (AvgIpc) is 2.85. The van der Waals surface area contributed by atoms with Gasteiger partial charge in [-0.15, -0.1) is 0 Å². The van der Waals surface area contributed by atoms with E-state index in [2.05, 4.69) is 0 Å². The van der Waals surface area contributed by atoms with Crippen LogP contribution in [-0.2, 0) is 4.74 Å². The van der Waals surface area contributed by atoms with E-state index in [9.17, 15) is 14.0 Å². The minimum absolute atomic E-state index is 0.247. The molecule has 0 saturated carbocycles. The van der Waals surface area contributed by atoms with Gasteiger partial charge in [-0.3, -0.25) is 14.2 Å². The molecule has 0 aliphatic rings. The minimum atomic E-state index is -0.610. The standard InChI is InChI=1S/C26H23ClFN3O3/c1-17(30(15-16-34-2)25(32)18-7-11-20(28)12-8-18)24-29-23-6-4-3-5-22(23)26(33)31(24)21-13-9-19(27)10-14-21/h3-14,17H,15-16H2,1-2H3. The van der Waals surface area contributed by atoms with Gasteiger partial charge in [0, 0.05) is 24.2 Å². The third kappa shape index (κ3) is 4.71. The Morgan fingerprint density at radius 1 is 1.09 bits per heavy atom. The number of amides is 1. The summed E-state index contributed by atoms with van der Waals surface area (Å²) in [6, 6.07) is 18.7. The van der Waals surface area contributed by atoms with E-state index in [1.807, 2.05) is 6.07 Å². The second-order valence-electron chi connectivity index (χ2n) is 7.78. The van der Waals surface area contributed by atoms with Crippen LogP contribution in [0.15, 0.2) is 77.6 Å². The summed E-state index contributed by atoms with van der Waals surface area (Å²) in [5, 5.41) is 0.995. The first-order valence-corrected chi connectivity index (χ1v) is 11.1. The Labute approximate surface area is 201 Å². The summed E-state index contributed by atoms with van der Waals surface area (Å²) in [6.07, 6.45) is 0. The molecule has 1 amide bonds. The fraction of sp³-hybridized carbons (Fsp3) is 0.192. The second kappa shape index (κ2) is 10.2. The molecule has 0 saturated heterocycles. The van der Waals surface area contributed by atoms with Crippen molar-refractivity contribution in [2.45, 2.75) is 13.0 Å². The summed E-state index contributed by atoms with van der Waals surface area (Å²) in [6.45, 7) is 2.33. The topological polar surface area (TPSA) is 64.4 Å². The zero-order chi connectivity index (χ0) is 24.2. The molecule has 0 aliphatic heterocycles. The quantitative estimate of drug-likeness (QED) is 0.373. The molecule has 0 fully saturated rings. The molecule has 1 unspecified atom stereocenters. The van der Waals surface area contributed by atoms with Gasteiger partial charge in [0.25, 0.3) is 11.5 Å². The van der Waals surface area contributed by atoms with Gasteiger partial charge in [-0.2, -0.15) is 0 Å². The van der Waals surface area contributed by atoms with Crippen molar-refractivity contribution in [1.29, 1.82) is 0 Å². The van der Waals surface area contributed by atoms with Crippen LogP contribution in [0.5, 0.6) is 0 Å². The van der Waals surface area contributed by atoms with Gasteiger partial charge in [-0.05, 0) is 67.6 Å². The highest BCUT2D eigenvalue weighted by Crippen LogP contribution is 2.25. The molecule has 1 atom stereocenters. The normalized spacial score (nSPS) is 12.0. The van der Waals surface area contributed by atoms with Crippen LogP contribution in [0.2, 0.25) is 5.02 Å². The van der Waals surface area contributed by atoms with Crippen LogP contribution in [-0.4, -0.2) is 40.6 Å². The third-order valence-corrected chi connectivity index (χ3v) is 5.87. The summed E-state index contributed by atoms with van der Waals surface area (Å²) >= 11 is 6.07.